The maximum atomic E-state index is 11.0. The van der Waals surface area contributed by atoms with Gasteiger partial charge in [0.05, 0.1) is 16.9 Å². The lowest BCUT2D eigenvalue weighted by Gasteiger charge is -2.26. The monoisotopic (exact) mass is 281 g/mol. The summed E-state index contributed by atoms with van der Waals surface area (Å²) >= 11 is 1.99. The molecule has 2 rings (SSSR count). The molecular formula is C13H19N3O2S. The number of para-hydroxylation sites is 1. The van der Waals surface area contributed by atoms with Crippen LogP contribution in [0.4, 0.5) is 11.4 Å². The molecule has 1 heterocycles. The van der Waals surface area contributed by atoms with Crippen molar-refractivity contribution in [2.75, 3.05) is 48.7 Å². The summed E-state index contributed by atoms with van der Waals surface area (Å²) in [5.41, 5.74) is 7.01. The maximum absolute atomic E-state index is 11.0. The van der Waals surface area contributed by atoms with E-state index in [1.807, 2.05) is 17.8 Å². The molecular weight excluding hydrogens is 262 g/mol. The van der Waals surface area contributed by atoms with Crippen molar-refractivity contribution in [1.82, 2.24) is 4.90 Å². The van der Waals surface area contributed by atoms with E-state index in [-0.39, 0.29) is 5.56 Å². The van der Waals surface area contributed by atoms with Gasteiger partial charge in [-0.15, -0.1) is 0 Å². The summed E-state index contributed by atoms with van der Waals surface area (Å²) in [5.74, 6) is 1.39. The van der Waals surface area contributed by atoms with Gasteiger partial charge in [-0.2, -0.15) is 11.8 Å². The molecule has 0 saturated carbocycles. The number of anilines is 2. The number of nitrogens with one attached hydrogen (secondary N) is 1. The highest BCUT2D eigenvalue weighted by molar-refractivity contribution is 7.99. The lowest BCUT2D eigenvalue weighted by Crippen LogP contribution is -2.36. The van der Waals surface area contributed by atoms with Gasteiger partial charge in [0.2, 0.25) is 0 Å². The van der Waals surface area contributed by atoms with E-state index in [0.29, 0.717) is 11.4 Å². The summed E-state index contributed by atoms with van der Waals surface area (Å²) in [6, 6.07) is 5.04. The first-order chi connectivity index (χ1) is 9.18. The molecule has 0 radical (unpaired) electrons. The number of nitrogens with two attached hydrogens (primary N) is 1. The maximum Gasteiger partial charge on any atom is 0.337 e. The zero-order chi connectivity index (χ0) is 13.7. The zero-order valence-electron chi connectivity index (χ0n) is 10.8. The Kier molecular flexibility index (Phi) is 4.93. The fraction of sp³-hybridized carbons (Fsp3) is 0.462. The van der Waals surface area contributed by atoms with Crippen molar-refractivity contribution in [2.24, 2.45) is 0 Å². The van der Waals surface area contributed by atoms with Crippen LogP contribution < -0.4 is 11.1 Å². The first-order valence-corrected chi connectivity index (χ1v) is 7.49. The second kappa shape index (κ2) is 6.68. The van der Waals surface area contributed by atoms with Crippen molar-refractivity contribution in [3.63, 3.8) is 0 Å². The third-order valence-corrected chi connectivity index (χ3v) is 4.13. The third-order valence-electron chi connectivity index (χ3n) is 3.18. The van der Waals surface area contributed by atoms with Crippen LogP contribution in [0.3, 0.4) is 0 Å². The average Bonchev–Trinajstić information content (AvgIpc) is 2.41. The molecule has 6 heteroatoms. The van der Waals surface area contributed by atoms with Crippen LogP contribution in [0.15, 0.2) is 18.2 Å². The molecule has 104 valence electrons. The molecule has 4 N–H and O–H groups in total. The highest BCUT2D eigenvalue weighted by Crippen LogP contribution is 2.22. The van der Waals surface area contributed by atoms with Crippen LogP contribution in [-0.2, 0) is 0 Å². The van der Waals surface area contributed by atoms with Crippen LogP contribution in [0.25, 0.3) is 0 Å². The number of carbonyl (C=O) groups is 1. The quantitative estimate of drug-likeness (QED) is 0.709. The first-order valence-electron chi connectivity index (χ1n) is 6.34. The molecule has 19 heavy (non-hydrogen) atoms. The number of benzene rings is 1. The minimum atomic E-state index is -0.991. The highest BCUT2D eigenvalue weighted by atomic mass is 32.2. The topological polar surface area (TPSA) is 78.6 Å². The molecule has 1 aromatic rings. The standard InChI is InChI=1S/C13H19N3O2S/c14-12-10(13(17)18)2-1-3-11(12)15-4-5-16-6-8-19-9-7-16/h1-3,15H,4-9,14H2,(H,17,18). The van der Waals surface area contributed by atoms with Gasteiger partial charge < -0.3 is 16.2 Å². The first kappa shape index (κ1) is 14.0. The number of thioether (sulfide) groups is 1. The molecule has 1 aliphatic rings. The number of rotatable bonds is 5. The fourth-order valence-electron chi connectivity index (χ4n) is 2.08. The van der Waals surface area contributed by atoms with Crippen LogP contribution in [0.5, 0.6) is 0 Å². The Hall–Kier alpha value is -1.40. The zero-order valence-corrected chi connectivity index (χ0v) is 11.6. The number of hydrogen-bond acceptors (Lipinski definition) is 5. The minimum absolute atomic E-state index is 0.152. The van der Waals surface area contributed by atoms with Crippen molar-refractivity contribution < 1.29 is 9.90 Å². The predicted molar refractivity (Wildman–Crippen MR) is 80.1 cm³/mol. The highest BCUT2D eigenvalue weighted by Gasteiger charge is 2.12. The number of carboxylic acids is 1. The Morgan fingerprint density at radius 3 is 2.84 bits per heavy atom. The van der Waals surface area contributed by atoms with Crippen LogP contribution in [0.2, 0.25) is 0 Å². The fourth-order valence-corrected chi connectivity index (χ4v) is 3.06. The van der Waals surface area contributed by atoms with Crippen LogP contribution in [0.1, 0.15) is 10.4 Å². The Balaban J connectivity index is 1.88. The van der Waals surface area contributed by atoms with Crippen LogP contribution in [-0.4, -0.2) is 53.7 Å². The minimum Gasteiger partial charge on any atom is -0.478 e. The van der Waals surface area contributed by atoms with E-state index in [0.717, 1.165) is 26.2 Å². The van der Waals surface area contributed by atoms with Crippen LogP contribution >= 0.6 is 11.8 Å². The largest absolute Gasteiger partial charge is 0.478 e. The molecule has 1 aromatic carbocycles. The van der Waals surface area contributed by atoms with Gasteiger partial charge in [0.25, 0.3) is 0 Å². The molecule has 0 atom stereocenters. The Labute approximate surface area is 117 Å². The van der Waals surface area contributed by atoms with Crippen molar-refractivity contribution in [3.05, 3.63) is 23.8 Å². The number of nitrogen functional groups attached to an aromatic ring is 1. The summed E-state index contributed by atoms with van der Waals surface area (Å²) < 4.78 is 0. The lowest BCUT2D eigenvalue weighted by atomic mass is 10.1. The predicted octanol–water partition coefficient (Wildman–Crippen LogP) is 1.43. The number of carboxylic acid groups (broad SMARTS) is 1. The Morgan fingerprint density at radius 2 is 2.16 bits per heavy atom. The van der Waals surface area contributed by atoms with Crippen molar-refractivity contribution in [2.45, 2.75) is 0 Å². The van der Waals surface area contributed by atoms with E-state index in [1.165, 1.54) is 17.6 Å². The summed E-state index contributed by atoms with van der Waals surface area (Å²) in [6.45, 7) is 3.98. The second-order valence-corrected chi connectivity index (χ2v) is 5.68. The smallest absolute Gasteiger partial charge is 0.337 e. The summed E-state index contributed by atoms with van der Waals surface area (Å²) in [7, 11) is 0. The van der Waals surface area contributed by atoms with Gasteiger partial charge in [-0.25, -0.2) is 4.79 Å². The Bertz CT molecular complexity index is 448. The summed E-state index contributed by atoms with van der Waals surface area (Å²) in [5, 5.41) is 12.2. The summed E-state index contributed by atoms with van der Waals surface area (Å²) in [6.07, 6.45) is 0. The lowest BCUT2D eigenvalue weighted by molar-refractivity contribution is 0.0698. The van der Waals surface area contributed by atoms with Crippen molar-refractivity contribution >= 4 is 29.1 Å². The van der Waals surface area contributed by atoms with Gasteiger partial charge in [-0.3, -0.25) is 4.90 Å². The summed E-state index contributed by atoms with van der Waals surface area (Å²) in [4.78, 5) is 13.4. The number of aromatic carboxylic acids is 1. The van der Waals surface area contributed by atoms with Gasteiger partial charge in [-0.05, 0) is 12.1 Å². The SMILES string of the molecule is Nc1c(NCCN2CCSCC2)cccc1C(=O)O. The van der Waals surface area contributed by atoms with E-state index < -0.39 is 5.97 Å². The van der Waals surface area contributed by atoms with Crippen molar-refractivity contribution in [1.29, 1.82) is 0 Å². The molecule has 0 amide bonds. The molecule has 0 unspecified atom stereocenters. The number of nitrogens with zero attached hydrogens (tertiary/aromatic N) is 1. The molecule has 1 aliphatic heterocycles. The van der Waals surface area contributed by atoms with Gasteiger partial charge in [0, 0.05) is 37.7 Å². The molecule has 0 bridgehead atoms. The molecule has 0 spiro atoms. The molecule has 1 fully saturated rings. The van der Waals surface area contributed by atoms with Crippen molar-refractivity contribution in [3.8, 4) is 0 Å². The van der Waals surface area contributed by atoms with Gasteiger partial charge in [0.1, 0.15) is 0 Å². The van der Waals surface area contributed by atoms with E-state index in [9.17, 15) is 4.79 Å². The third kappa shape index (κ3) is 3.78. The average molecular weight is 281 g/mol. The van der Waals surface area contributed by atoms with Gasteiger partial charge in [0.15, 0.2) is 0 Å². The van der Waals surface area contributed by atoms with Gasteiger partial charge >= 0.3 is 5.97 Å². The Morgan fingerprint density at radius 1 is 1.42 bits per heavy atom. The molecule has 5 nitrogen and oxygen atoms in total. The molecule has 1 saturated heterocycles. The van der Waals surface area contributed by atoms with E-state index in [4.69, 9.17) is 10.8 Å². The van der Waals surface area contributed by atoms with Crippen LogP contribution in [0, 0.1) is 0 Å². The van der Waals surface area contributed by atoms with E-state index in [1.54, 1.807) is 6.07 Å². The molecule has 0 aliphatic carbocycles. The van der Waals surface area contributed by atoms with E-state index >= 15 is 0 Å². The van der Waals surface area contributed by atoms with Gasteiger partial charge in [-0.1, -0.05) is 6.07 Å². The van der Waals surface area contributed by atoms with E-state index in [2.05, 4.69) is 10.2 Å². The second-order valence-electron chi connectivity index (χ2n) is 4.45. The normalized spacial score (nSPS) is 16.2. The number of hydrogen-bond donors (Lipinski definition) is 3. The molecule has 0 aromatic heterocycles.